The second-order valence-corrected chi connectivity index (χ2v) is 8.87. The summed E-state index contributed by atoms with van der Waals surface area (Å²) in [7, 11) is 3.47. The molecule has 134 valence electrons. The van der Waals surface area contributed by atoms with E-state index in [1.54, 1.807) is 41.0 Å². The van der Waals surface area contributed by atoms with Crippen LogP contribution in [-0.4, -0.2) is 39.7 Å². The Morgan fingerprint density at radius 3 is 2.84 bits per heavy atom. The summed E-state index contributed by atoms with van der Waals surface area (Å²) in [5.74, 6) is 0.00923. The molecular weight excluding hydrogens is 354 g/mol. The summed E-state index contributed by atoms with van der Waals surface area (Å²) >= 11 is 2.98. The molecule has 0 unspecified atom stereocenters. The van der Waals surface area contributed by atoms with Crippen molar-refractivity contribution in [1.82, 2.24) is 14.5 Å². The molecule has 0 aliphatic heterocycles. The van der Waals surface area contributed by atoms with Gasteiger partial charge in [-0.15, -0.1) is 17.9 Å². The molecule has 0 N–H and O–H groups in total. The zero-order valence-electron chi connectivity index (χ0n) is 14.9. The van der Waals surface area contributed by atoms with E-state index in [2.05, 4.69) is 6.58 Å². The fourth-order valence-corrected chi connectivity index (χ4v) is 5.54. The predicted molar refractivity (Wildman–Crippen MR) is 105 cm³/mol. The molecule has 1 amide bonds. The van der Waals surface area contributed by atoms with Gasteiger partial charge in [-0.1, -0.05) is 17.8 Å². The number of carbonyl (C=O) groups excluding carboxylic acids is 1. The third kappa shape index (κ3) is 3.40. The van der Waals surface area contributed by atoms with Gasteiger partial charge in [0.15, 0.2) is 5.16 Å². The molecule has 1 aliphatic carbocycles. The highest BCUT2D eigenvalue weighted by Gasteiger charge is 2.24. The molecule has 7 heteroatoms. The standard InChI is InChI=1S/C18H23N3O2S2/c1-5-10-21-17(23)14-12-8-6-7-9-13(12)25-15(14)19-18(21)24-11(2)16(22)20(3)4/h5,11H,1,6-10H2,2-4H3/t11-/m0/s1. The van der Waals surface area contributed by atoms with E-state index in [1.165, 1.54) is 28.6 Å². The number of nitrogens with zero attached hydrogens (tertiary/aromatic N) is 3. The Bertz CT molecular complexity index is 883. The van der Waals surface area contributed by atoms with E-state index in [0.29, 0.717) is 11.7 Å². The van der Waals surface area contributed by atoms with Crippen molar-refractivity contribution in [2.24, 2.45) is 0 Å². The van der Waals surface area contributed by atoms with E-state index in [4.69, 9.17) is 4.98 Å². The molecule has 25 heavy (non-hydrogen) atoms. The molecule has 0 radical (unpaired) electrons. The molecule has 3 rings (SSSR count). The lowest BCUT2D eigenvalue weighted by Crippen LogP contribution is -2.31. The van der Waals surface area contributed by atoms with Gasteiger partial charge in [0.05, 0.1) is 10.6 Å². The summed E-state index contributed by atoms with van der Waals surface area (Å²) in [4.78, 5) is 33.8. The number of rotatable bonds is 5. The number of aryl methyl sites for hydroxylation is 2. The highest BCUT2D eigenvalue weighted by atomic mass is 32.2. The summed E-state index contributed by atoms with van der Waals surface area (Å²) in [5.41, 5.74) is 1.19. The van der Waals surface area contributed by atoms with Crippen LogP contribution in [0.2, 0.25) is 0 Å². The van der Waals surface area contributed by atoms with E-state index >= 15 is 0 Å². The van der Waals surface area contributed by atoms with Gasteiger partial charge in [0.25, 0.3) is 5.56 Å². The van der Waals surface area contributed by atoms with E-state index in [1.807, 2.05) is 6.92 Å². The lowest BCUT2D eigenvalue weighted by molar-refractivity contribution is -0.127. The molecule has 1 aliphatic rings. The van der Waals surface area contributed by atoms with Gasteiger partial charge >= 0.3 is 0 Å². The molecule has 2 aromatic heterocycles. The van der Waals surface area contributed by atoms with Crippen molar-refractivity contribution in [3.63, 3.8) is 0 Å². The Morgan fingerprint density at radius 1 is 1.44 bits per heavy atom. The van der Waals surface area contributed by atoms with E-state index in [0.717, 1.165) is 29.5 Å². The summed E-state index contributed by atoms with van der Waals surface area (Å²) in [6, 6.07) is 0. The number of thioether (sulfide) groups is 1. The number of thiophene rings is 1. The fourth-order valence-electron chi connectivity index (χ4n) is 3.17. The first-order valence-corrected chi connectivity index (χ1v) is 10.2. The smallest absolute Gasteiger partial charge is 0.263 e. The largest absolute Gasteiger partial charge is 0.348 e. The number of carbonyl (C=O) groups is 1. The number of aromatic nitrogens is 2. The van der Waals surface area contributed by atoms with E-state index in [9.17, 15) is 9.59 Å². The van der Waals surface area contributed by atoms with E-state index in [-0.39, 0.29) is 16.7 Å². The van der Waals surface area contributed by atoms with Gasteiger partial charge in [0.1, 0.15) is 4.83 Å². The monoisotopic (exact) mass is 377 g/mol. The van der Waals surface area contributed by atoms with Crippen LogP contribution < -0.4 is 5.56 Å². The Balaban J connectivity index is 2.11. The van der Waals surface area contributed by atoms with Crippen LogP contribution in [0.4, 0.5) is 0 Å². The van der Waals surface area contributed by atoms with Crippen LogP contribution in [0.15, 0.2) is 22.6 Å². The lowest BCUT2D eigenvalue weighted by atomic mass is 9.97. The van der Waals surface area contributed by atoms with Crippen molar-refractivity contribution in [2.75, 3.05) is 14.1 Å². The van der Waals surface area contributed by atoms with Crippen LogP contribution in [-0.2, 0) is 24.2 Å². The highest BCUT2D eigenvalue weighted by Crippen LogP contribution is 2.35. The van der Waals surface area contributed by atoms with Crippen molar-refractivity contribution in [2.45, 2.75) is 49.6 Å². The first-order chi connectivity index (χ1) is 11.9. The summed E-state index contributed by atoms with van der Waals surface area (Å²) in [6.07, 6.45) is 6.01. The van der Waals surface area contributed by atoms with Crippen molar-refractivity contribution < 1.29 is 4.79 Å². The SMILES string of the molecule is C=CCn1c(S[C@@H](C)C(=O)N(C)C)nc2sc3c(c2c1=O)CCCC3. The van der Waals surface area contributed by atoms with Gasteiger partial charge < -0.3 is 4.90 Å². The van der Waals surface area contributed by atoms with Gasteiger partial charge in [-0.05, 0) is 38.2 Å². The minimum atomic E-state index is -0.301. The van der Waals surface area contributed by atoms with Gasteiger partial charge in [0.2, 0.25) is 5.91 Å². The maximum absolute atomic E-state index is 13.1. The molecule has 0 saturated carbocycles. The molecule has 0 saturated heterocycles. The lowest BCUT2D eigenvalue weighted by Gasteiger charge is -2.18. The number of amides is 1. The van der Waals surface area contributed by atoms with Crippen molar-refractivity contribution >= 4 is 39.2 Å². The fraction of sp³-hybridized carbons (Fsp3) is 0.500. The van der Waals surface area contributed by atoms with Crippen LogP contribution in [0.3, 0.4) is 0 Å². The number of hydrogen-bond acceptors (Lipinski definition) is 5. The molecule has 0 spiro atoms. The number of allylic oxidation sites excluding steroid dienone is 1. The predicted octanol–water partition coefficient (Wildman–Crippen LogP) is 3.09. The van der Waals surface area contributed by atoms with Crippen LogP contribution >= 0.6 is 23.1 Å². The molecule has 0 bridgehead atoms. The first kappa shape index (κ1) is 18.2. The first-order valence-electron chi connectivity index (χ1n) is 8.47. The third-order valence-electron chi connectivity index (χ3n) is 4.42. The van der Waals surface area contributed by atoms with Crippen LogP contribution in [0, 0.1) is 0 Å². The maximum Gasteiger partial charge on any atom is 0.263 e. The van der Waals surface area contributed by atoms with Gasteiger partial charge in [-0.25, -0.2) is 4.98 Å². The Labute approximate surface area is 155 Å². The average molecular weight is 378 g/mol. The number of fused-ring (bicyclic) bond motifs is 3. The average Bonchev–Trinajstić information content (AvgIpc) is 2.95. The molecule has 2 aromatic rings. The highest BCUT2D eigenvalue weighted by molar-refractivity contribution is 8.00. The summed E-state index contributed by atoms with van der Waals surface area (Å²) in [6.45, 7) is 6.02. The third-order valence-corrected chi connectivity index (χ3v) is 6.69. The molecule has 1 atom stereocenters. The Kier molecular flexibility index (Phi) is 5.34. The van der Waals surface area contributed by atoms with E-state index < -0.39 is 0 Å². The van der Waals surface area contributed by atoms with Crippen molar-refractivity contribution in [1.29, 1.82) is 0 Å². The quantitative estimate of drug-likeness (QED) is 0.456. The van der Waals surface area contributed by atoms with Crippen molar-refractivity contribution in [3.8, 4) is 0 Å². The topological polar surface area (TPSA) is 55.2 Å². The second kappa shape index (κ2) is 7.33. The molecule has 0 aromatic carbocycles. The van der Waals surface area contributed by atoms with Crippen LogP contribution in [0.25, 0.3) is 10.2 Å². The summed E-state index contributed by atoms with van der Waals surface area (Å²) in [5, 5.41) is 1.07. The van der Waals surface area contributed by atoms with Crippen LogP contribution in [0.5, 0.6) is 0 Å². The van der Waals surface area contributed by atoms with Crippen LogP contribution in [0.1, 0.15) is 30.2 Å². The van der Waals surface area contributed by atoms with Gasteiger partial charge in [-0.3, -0.25) is 14.2 Å². The van der Waals surface area contributed by atoms with Gasteiger partial charge in [0, 0.05) is 25.5 Å². The normalized spacial score (nSPS) is 15.0. The minimum absolute atomic E-state index is 0.00342. The molecule has 2 heterocycles. The molecule has 0 fully saturated rings. The maximum atomic E-state index is 13.1. The Hall–Kier alpha value is -1.60. The van der Waals surface area contributed by atoms with Gasteiger partial charge in [-0.2, -0.15) is 0 Å². The molecular formula is C18H23N3O2S2. The van der Waals surface area contributed by atoms with Crippen molar-refractivity contribution in [3.05, 3.63) is 33.4 Å². The summed E-state index contributed by atoms with van der Waals surface area (Å²) < 4.78 is 1.65. The number of hydrogen-bond donors (Lipinski definition) is 0. The second-order valence-electron chi connectivity index (χ2n) is 6.48. The minimum Gasteiger partial charge on any atom is -0.348 e. The zero-order chi connectivity index (χ0) is 18.1. The zero-order valence-corrected chi connectivity index (χ0v) is 16.5. The Morgan fingerprint density at radius 2 is 2.16 bits per heavy atom. The molecule has 5 nitrogen and oxygen atoms in total.